The Labute approximate surface area is 163 Å². The van der Waals surface area contributed by atoms with Gasteiger partial charge in [-0.25, -0.2) is 0 Å². The molecule has 0 amide bonds. The van der Waals surface area contributed by atoms with Gasteiger partial charge in [-0.2, -0.15) is 0 Å². The largest absolute Gasteiger partial charge is 0.463 e. The third-order valence-corrected chi connectivity index (χ3v) is 6.29. The first-order valence-electron chi connectivity index (χ1n) is 9.28. The normalized spacial score (nSPS) is 21.5. The molecule has 5 rings (SSSR count). The zero-order valence-corrected chi connectivity index (χ0v) is 16.0. The van der Waals surface area contributed by atoms with Gasteiger partial charge < -0.3 is 9.64 Å². The molecule has 0 saturated carbocycles. The molecule has 1 unspecified atom stereocenters. The molecule has 5 heteroatoms. The van der Waals surface area contributed by atoms with Gasteiger partial charge in [0.15, 0.2) is 0 Å². The van der Waals surface area contributed by atoms with Gasteiger partial charge in [0.05, 0.1) is 10.3 Å². The van der Waals surface area contributed by atoms with Crippen LogP contribution in [0.25, 0.3) is 16.8 Å². The van der Waals surface area contributed by atoms with Crippen molar-refractivity contribution in [2.24, 2.45) is 0 Å². The summed E-state index contributed by atoms with van der Waals surface area (Å²) >= 11 is 0. The van der Waals surface area contributed by atoms with E-state index in [4.69, 9.17) is 4.74 Å². The smallest absolute Gasteiger partial charge is 0.270 e. The zero-order valence-electron chi connectivity index (χ0n) is 16.0. The Balaban J connectivity index is 1.70. The molecule has 0 radical (unpaired) electrons. The first-order chi connectivity index (χ1) is 13.3. The van der Waals surface area contributed by atoms with E-state index in [1.165, 1.54) is 11.6 Å². The number of anilines is 1. The number of benzene rings is 3. The van der Waals surface area contributed by atoms with Crippen molar-refractivity contribution in [1.29, 1.82) is 0 Å². The topological polar surface area (TPSA) is 55.6 Å². The number of ether oxygens (including phenoxy) is 1. The molecule has 0 bridgehead atoms. The molecule has 5 nitrogen and oxygen atoms in total. The highest BCUT2D eigenvalue weighted by molar-refractivity contribution is 5.95. The lowest BCUT2D eigenvalue weighted by Crippen LogP contribution is -2.58. The Kier molecular flexibility index (Phi) is 3.21. The summed E-state index contributed by atoms with van der Waals surface area (Å²) in [5.74, 6) is 0.739. The van der Waals surface area contributed by atoms with Crippen LogP contribution in [0.2, 0.25) is 0 Å². The van der Waals surface area contributed by atoms with E-state index in [1.807, 2.05) is 18.2 Å². The van der Waals surface area contributed by atoms with Crippen LogP contribution in [0.4, 0.5) is 11.4 Å². The fraction of sp³-hybridized carbons (Fsp3) is 0.217. The molecule has 2 heterocycles. The van der Waals surface area contributed by atoms with Crippen molar-refractivity contribution in [3.05, 3.63) is 81.9 Å². The number of non-ortho nitro benzene ring substituents is 1. The van der Waals surface area contributed by atoms with Gasteiger partial charge in [-0.1, -0.05) is 24.3 Å². The zero-order chi connectivity index (χ0) is 19.7. The second kappa shape index (κ2) is 5.35. The van der Waals surface area contributed by atoms with E-state index in [0.29, 0.717) is 0 Å². The maximum Gasteiger partial charge on any atom is 0.270 e. The fourth-order valence-electron chi connectivity index (χ4n) is 4.69. The molecule has 0 aliphatic carbocycles. The number of nitro benzene ring substituents is 1. The van der Waals surface area contributed by atoms with Crippen LogP contribution in [0.5, 0.6) is 5.75 Å². The van der Waals surface area contributed by atoms with Crippen molar-refractivity contribution in [2.75, 3.05) is 11.9 Å². The highest BCUT2D eigenvalue weighted by Crippen LogP contribution is 2.54. The highest BCUT2D eigenvalue weighted by Gasteiger charge is 2.57. The van der Waals surface area contributed by atoms with Gasteiger partial charge in [0.1, 0.15) is 5.75 Å². The van der Waals surface area contributed by atoms with Crippen LogP contribution in [0, 0.1) is 10.1 Å². The van der Waals surface area contributed by atoms with Crippen molar-refractivity contribution < 1.29 is 9.66 Å². The minimum Gasteiger partial charge on any atom is -0.463 e. The third-order valence-electron chi connectivity index (χ3n) is 6.29. The second-order valence-electron chi connectivity index (χ2n) is 7.97. The van der Waals surface area contributed by atoms with Gasteiger partial charge >= 0.3 is 0 Å². The van der Waals surface area contributed by atoms with E-state index in [9.17, 15) is 10.1 Å². The standard InChI is InChI=1S/C23H20N2O3/c1-22(2)19-6-4-5-7-20(19)24(3)23(22)13-12-17-18-14-16(25(26)27)10-8-15(18)9-11-21(17)28-23/h4-14H,1-3H3. The lowest BCUT2D eigenvalue weighted by Gasteiger charge is -2.46. The monoisotopic (exact) mass is 372 g/mol. The molecule has 0 aromatic heterocycles. The van der Waals surface area contributed by atoms with Gasteiger partial charge in [-0.15, -0.1) is 0 Å². The Morgan fingerprint density at radius 1 is 1.07 bits per heavy atom. The number of rotatable bonds is 1. The molecule has 140 valence electrons. The summed E-state index contributed by atoms with van der Waals surface area (Å²) in [4.78, 5) is 13.0. The Morgan fingerprint density at radius 2 is 1.82 bits per heavy atom. The van der Waals surface area contributed by atoms with Gasteiger partial charge in [-0.05, 0) is 60.5 Å². The summed E-state index contributed by atoms with van der Waals surface area (Å²) in [7, 11) is 2.05. The second-order valence-corrected chi connectivity index (χ2v) is 7.97. The molecule has 1 spiro atoms. The van der Waals surface area contributed by atoms with Crippen LogP contribution in [-0.2, 0) is 5.41 Å². The van der Waals surface area contributed by atoms with Crippen LogP contribution in [0.15, 0.2) is 60.7 Å². The maximum absolute atomic E-state index is 11.2. The number of nitrogens with zero attached hydrogens (tertiary/aromatic N) is 2. The molecular formula is C23H20N2O3. The number of para-hydroxylation sites is 1. The minimum absolute atomic E-state index is 0.0836. The van der Waals surface area contributed by atoms with E-state index in [-0.39, 0.29) is 16.0 Å². The number of hydrogen-bond donors (Lipinski definition) is 0. The summed E-state index contributed by atoms with van der Waals surface area (Å²) < 4.78 is 6.67. The number of nitro groups is 1. The van der Waals surface area contributed by atoms with Gasteiger partial charge in [0.2, 0.25) is 5.72 Å². The summed E-state index contributed by atoms with van der Waals surface area (Å²) in [6.45, 7) is 4.38. The van der Waals surface area contributed by atoms with Crippen LogP contribution >= 0.6 is 0 Å². The van der Waals surface area contributed by atoms with Crippen molar-refractivity contribution in [2.45, 2.75) is 25.0 Å². The fourth-order valence-corrected chi connectivity index (χ4v) is 4.69. The number of likely N-dealkylation sites (N-methyl/N-ethyl adjacent to an activating group) is 1. The summed E-state index contributed by atoms with van der Waals surface area (Å²) in [5, 5.41) is 13.0. The molecule has 0 fully saturated rings. The minimum atomic E-state index is -0.655. The summed E-state index contributed by atoms with van der Waals surface area (Å²) in [5.41, 5.74) is 2.42. The molecule has 28 heavy (non-hydrogen) atoms. The molecule has 0 N–H and O–H groups in total. The number of fused-ring (bicyclic) bond motifs is 4. The SMILES string of the molecule is CN1c2ccccc2C(C)(C)C12C=Cc1c(ccc3ccc([N+](=O)[O-])cc13)O2. The van der Waals surface area contributed by atoms with Crippen LogP contribution in [0.1, 0.15) is 25.0 Å². The van der Waals surface area contributed by atoms with E-state index < -0.39 is 5.72 Å². The quantitative estimate of drug-likeness (QED) is 0.431. The average Bonchev–Trinajstić information content (AvgIpc) is 2.86. The summed E-state index contributed by atoms with van der Waals surface area (Å²) in [6, 6.07) is 17.2. The van der Waals surface area contributed by atoms with E-state index in [1.54, 1.807) is 12.1 Å². The van der Waals surface area contributed by atoms with Crippen molar-refractivity contribution >= 4 is 28.2 Å². The number of hydrogen-bond acceptors (Lipinski definition) is 4. The molecule has 1 atom stereocenters. The van der Waals surface area contributed by atoms with E-state index >= 15 is 0 Å². The Morgan fingerprint density at radius 3 is 2.57 bits per heavy atom. The predicted octanol–water partition coefficient (Wildman–Crippen LogP) is 5.28. The Bertz CT molecular complexity index is 1180. The molecule has 2 aliphatic rings. The first kappa shape index (κ1) is 16.8. The van der Waals surface area contributed by atoms with Gasteiger partial charge in [0, 0.05) is 30.4 Å². The van der Waals surface area contributed by atoms with Crippen molar-refractivity contribution in [3.63, 3.8) is 0 Å². The van der Waals surface area contributed by atoms with E-state index in [0.717, 1.165) is 27.8 Å². The van der Waals surface area contributed by atoms with Crippen LogP contribution in [0.3, 0.4) is 0 Å². The predicted molar refractivity (Wildman–Crippen MR) is 111 cm³/mol. The molecular weight excluding hydrogens is 352 g/mol. The summed E-state index contributed by atoms with van der Waals surface area (Å²) in [6.07, 6.45) is 4.14. The van der Waals surface area contributed by atoms with E-state index in [2.05, 4.69) is 56.1 Å². The van der Waals surface area contributed by atoms with Gasteiger partial charge in [0.25, 0.3) is 5.69 Å². The van der Waals surface area contributed by atoms with Crippen molar-refractivity contribution in [3.8, 4) is 5.75 Å². The average molecular weight is 372 g/mol. The lowest BCUT2D eigenvalue weighted by molar-refractivity contribution is -0.384. The first-order valence-corrected chi connectivity index (χ1v) is 9.28. The lowest BCUT2D eigenvalue weighted by atomic mass is 9.76. The molecule has 2 aliphatic heterocycles. The molecule has 0 saturated heterocycles. The molecule has 3 aromatic rings. The van der Waals surface area contributed by atoms with Crippen molar-refractivity contribution in [1.82, 2.24) is 0 Å². The highest BCUT2D eigenvalue weighted by atomic mass is 16.6. The van der Waals surface area contributed by atoms with Crippen LogP contribution in [-0.4, -0.2) is 17.7 Å². The third kappa shape index (κ3) is 1.96. The molecule has 3 aromatic carbocycles. The Hall–Kier alpha value is -3.34. The maximum atomic E-state index is 11.2. The van der Waals surface area contributed by atoms with Gasteiger partial charge in [-0.3, -0.25) is 10.1 Å². The van der Waals surface area contributed by atoms with Crippen LogP contribution < -0.4 is 9.64 Å².